The second-order valence-corrected chi connectivity index (χ2v) is 14.8. The second kappa shape index (κ2) is 6.42. The van der Waals surface area contributed by atoms with Crippen molar-refractivity contribution in [3.05, 3.63) is 22.8 Å². The molecule has 4 heteroatoms. The molecule has 0 radical (unpaired) electrons. The van der Waals surface area contributed by atoms with Crippen molar-refractivity contribution < 1.29 is 9.22 Å². The molecule has 0 aromatic carbocycles. The lowest BCUT2D eigenvalue weighted by Gasteiger charge is -2.54. The summed E-state index contributed by atoms with van der Waals surface area (Å²) in [6.45, 7) is 9.21. The zero-order valence-corrected chi connectivity index (χ0v) is 18.4. The van der Waals surface area contributed by atoms with Gasteiger partial charge < -0.3 is 4.43 Å². The Bertz CT molecular complexity index is 768. The molecule has 0 amide bonds. The number of fused-ring (bicyclic) bond motifs is 4. The number of carbonyl (C=O) groups excluding carboxylic acids is 1. The Morgan fingerprint density at radius 3 is 2.67 bits per heavy atom. The quantitative estimate of drug-likeness (QED) is 0.588. The summed E-state index contributed by atoms with van der Waals surface area (Å²) in [7, 11) is -1.74. The SMILES string of the molecule is C[C@]12CCC3=C4CCC(=O)C=C4CC[C@H]3[C@@H]1CC[C@]2(CC#N)O[Si](C)(C)C. The summed E-state index contributed by atoms with van der Waals surface area (Å²) >= 11 is 0. The number of ketones is 1. The van der Waals surface area contributed by atoms with Gasteiger partial charge >= 0.3 is 0 Å². The van der Waals surface area contributed by atoms with Crippen LogP contribution in [0.25, 0.3) is 0 Å². The first kappa shape index (κ1) is 19.1. The van der Waals surface area contributed by atoms with Gasteiger partial charge in [-0.25, -0.2) is 0 Å². The van der Waals surface area contributed by atoms with E-state index in [0.29, 0.717) is 30.5 Å². The molecule has 0 bridgehead atoms. The predicted molar refractivity (Wildman–Crippen MR) is 110 cm³/mol. The second-order valence-electron chi connectivity index (χ2n) is 10.4. The van der Waals surface area contributed by atoms with Gasteiger partial charge in [0.15, 0.2) is 14.1 Å². The Morgan fingerprint density at radius 2 is 1.96 bits per heavy atom. The first-order valence-corrected chi connectivity index (χ1v) is 14.1. The van der Waals surface area contributed by atoms with Gasteiger partial charge in [-0.05, 0) is 93.6 Å². The maximum atomic E-state index is 11.9. The van der Waals surface area contributed by atoms with Gasteiger partial charge in [0.1, 0.15) is 0 Å². The summed E-state index contributed by atoms with van der Waals surface area (Å²) in [6, 6.07) is 2.49. The molecule has 4 aliphatic carbocycles. The fourth-order valence-electron chi connectivity index (χ4n) is 6.83. The molecule has 0 aromatic rings. The fraction of sp³-hybridized carbons (Fsp3) is 0.739. The predicted octanol–water partition coefficient (Wildman–Crippen LogP) is 5.70. The highest BCUT2D eigenvalue weighted by Gasteiger charge is 2.62. The van der Waals surface area contributed by atoms with E-state index in [1.54, 1.807) is 5.57 Å². The number of nitrogens with zero attached hydrogens (tertiary/aromatic N) is 1. The molecule has 2 fully saturated rings. The minimum Gasteiger partial charge on any atom is -0.411 e. The maximum absolute atomic E-state index is 11.9. The third-order valence-electron chi connectivity index (χ3n) is 7.89. The highest BCUT2D eigenvalue weighted by molar-refractivity contribution is 6.69. The molecule has 146 valence electrons. The van der Waals surface area contributed by atoms with Gasteiger partial charge in [0.05, 0.1) is 18.1 Å². The first-order valence-electron chi connectivity index (χ1n) is 10.7. The van der Waals surface area contributed by atoms with E-state index in [2.05, 4.69) is 32.6 Å². The third kappa shape index (κ3) is 2.98. The molecule has 0 heterocycles. The van der Waals surface area contributed by atoms with Crippen LogP contribution in [0.4, 0.5) is 0 Å². The zero-order chi connectivity index (χ0) is 19.4. The van der Waals surface area contributed by atoms with Crippen LogP contribution in [-0.4, -0.2) is 19.7 Å². The van der Waals surface area contributed by atoms with Gasteiger partial charge in [-0.15, -0.1) is 0 Å². The minimum atomic E-state index is -1.74. The van der Waals surface area contributed by atoms with Crippen molar-refractivity contribution in [2.24, 2.45) is 17.3 Å². The average molecular weight is 384 g/mol. The lowest BCUT2D eigenvalue weighted by molar-refractivity contribution is -0.114. The van der Waals surface area contributed by atoms with Gasteiger partial charge in [0.25, 0.3) is 0 Å². The van der Waals surface area contributed by atoms with E-state index in [-0.39, 0.29) is 11.0 Å². The molecular formula is C23H33NO2Si. The summed E-state index contributed by atoms with van der Waals surface area (Å²) in [5.74, 6) is 1.57. The maximum Gasteiger partial charge on any atom is 0.184 e. The Labute approximate surface area is 165 Å². The number of rotatable bonds is 3. The van der Waals surface area contributed by atoms with Crippen molar-refractivity contribution in [1.29, 1.82) is 5.26 Å². The standard InChI is InChI=1S/C23H33NO2Si/c1-22-11-9-19-18-8-6-17(25)15-16(18)5-7-20(19)21(22)10-12-23(22,13-14-24)26-27(2,3)4/h15,20-21H,5-13H2,1-4H3/t20-,21+,22+,23-/m1/s1. The van der Waals surface area contributed by atoms with Gasteiger partial charge in [-0.1, -0.05) is 12.5 Å². The molecule has 0 unspecified atom stereocenters. The lowest BCUT2D eigenvalue weighted by atomic mass is 9.54. The van der Waals surface area contributed by atoms with Crippen LogP contribution in [0.2, 0.25) is 19.6 Å². The van der Waals surface area contributed by atoms with Crippen molar-refractivity contribution in [2.45, 2.75) is 90.0 Å². The largest absolute Gasteiger partial charge is 0.411 e. The number of hydrogen-bond donors (Lipinski definition) is 0. The van der Waals surface area contributed by atoms with Crippen LogP contribution in [0.1, 0.15) is 64.7 Å². The van der Waals surface area contributed by atoms with Crippen LogP contribution in [0.3, 0.4) is 0 Å². The average Bonchev–Trinajstić information content (AvgIpc) is 2.85. The van der Waals surface area contributed by atoms with Crippen LogP contribution in [-0.2, 0) is 9.22 Å². The third-order valence-corrected chi connectivity index (χ3v) is 8.89. The smallest absolute Gasteiger partial charge is 0.184 e. The van der Waals surface area contributed by atoms with Crippen LogP contribution in [0.5, 0.6) is 0 Å². The van der Waals surface area contributed by atoms with Gasteiger partial charge in [-0.2, -0.15) is 5.26 Å². The Morgan fingerprint density at radius 1 is 1.19 bits per heavy atom. The van der Waals surface area contributed by atoms with Gasteiger partial charge in [0, 0.05) is 11.8 Å². The monoisotopic (exact) mass is 383 g/mol. The summed E-state index contributed by atoms with van der Waals surface area (Å²) in [5, 5.41) is 9.64. The highest BCUT2D eigenvalue weighted by atomic mass is 28.4. The van der Waals surface area contributed by atoms with Crippen LogP contribution in [0, 0.1) is 28.6 Å². The van der Waals surface area contributed by atoms with Gasteiger partial charge in [-0.3, -0.25) is 4.79 Å². The fourth-order valence-corrected chi connectivity index (χ4v) is 8.41. The molecule has 0 aromatic heterocycles. The van der Waals surface area contributed by atoms with Crippen LogP contribution in [0.15, 0.2) is 22.8 Å². The minimum absolute atomic E-state index is 0.101. The first-order chi connectivity index (χ1) is 12.7. The molecule has 2 saturated carbocycles. The van der Waals surface area contributed by atoms with E-state index in [0.717, 1.165) is 32.1 Å². The van der Waals surface area contributed by atoms with Crippen molar-refractivity contribution in [3.8, 4) is 6.07 Å². The van der Waals surface area contributed by atoms with Gasteiger partial charge in [0.2, 0.25) is 0 Å². The van der Waals surface area contributed by atoms with E-state index >= 15 is 0 Å². The Kier molecular flexibility index (Phi) is 4.55. The molecule has 0 N–H and O–H groups in total. The van der Waals surface area contributed by atoms with Crippen molar-refractivity contribution >= 4 is 14.1 Å². The van der Waals surface area contributed by atoms with Crippen LogP contribution < -0.4 is 0 Å². The number of carbonyl (C=O) groups is 1. The lowest BCUT2D eigenvalue weighted by Crippen LogP contribution is -2.54. The normalized spacial score (nSPS) is 38.6. The van der Waals surface area contributed by atoms with E-state index in [4.69, 9.17) is 4.43 Å². The molecule has 3 nitrogen and oxygen atoms in total. The number of allylic oxidation sites excluding steroid dienone is 4. The summed E-state index contributed by atoms with van der Waals surface area (Å²) < 4.78 is 6.84. The molecule has 27 heavy (non-hydrogen) atoms. The summed E-state index contributed by atoms with van der Waals surface area (Å²) in [6.07, 6.45) is 10.8. The molecule has 4 rings (SSSR count). The van der Waals surface area contributed by atoms with Crippen molar-refractivity contribution in [3.63, 3.8) is 0 Å². The molecule has 4 aliphatic rings. The number of nitriles is 1. The summed E-state index contributed by atoms with van der Waals surface area (Å²) in [4.78, 5) is 11.9. The number of hydrogen-bond acceptors (Lipinski definition) is 3. The van der Waals surface area contributed by atoms with E-state index in [1.165, 1.54) is 24.0 Å². The summed E-state index contributed by atoms with van der Waals surface area (Å²) in [5.41, 5.74) is 4.36. The van der Waals surface area contributed by atoms with Crippen molar-refractivity contribution in [1.82, 2.24) is 0 Å². The van der Waals surface area contributed by atoms with E-state index in [1.807, 2.05) is 6.08 Å². The van der Waals surface area contributed by atoms with Crippen molar-refractivity contribution in [2.75, 3.05) is 0 Å². The Balaban J connectivity index is 1.71. The molecule has 4 atom stereocenters. The highest BCUT2D eigenvalue weighted by Crippen LogP contribution is 2.65. The van der Waals surface area contributed by atoms with E-state index < -0.39 is 8.32 Å². The van der Waals surface area contributed by atoms with E-state index in [9.17, 15) is 10.1 Å². The Hall–Kier alpha value is -1.18. The van der Waals surface area contributed by atoms with Crippen LogP contribution >= 0.6 is 0 Å². The molecule has 0 saturated heterocycles. The molecular weight excluding hydrogens is 350 g/mol. The zero-order valence-electron chi connectivity index (χ0n) is 17.4. The molecule has 0 aliphatic heterocycles. The molecule has 0 spiro atoms. The topological polar surface area (TPSA) is 50.1 Å².